The largest absolute Gasteiger partial charge is 0.483 e. The molecule has 0 aliphatic carbocycles. The van der Waals surface area contributed by atoms with Gasteiger partial charge in [-0.2, -0.15) is 0 Å². The van der Waals surface area contributed by atoms with Gasteiger partial charge >= 0.3 is 0 Å². The predicted molar refractivity (Wildman–Crippen MR) is 120 cm³/mol. The highest BCUT2D eigenvalue weighted by Gasteiger charge is 2.14. The van der Waals surface area contributed by atoms with E-state index in [1.54, 1.807) is 0 Å². The SMILES string of the molecule is Cc1sc(NC(=O)COc2ccc(Br)cc2C(C)C)nc1-c1ccc(Cl)cc1. The molecule has 1 heterocycles. The second kappa shape index (κ2) is 9.07. The molecule has 146 valence electrons. The number of hydrogen-bond acceptors (Lipinski definition) is 4. The lowest BCUT2D eigenvalue weighted by Crippen LogP contribution is -2.20. The third-order valence-corrected chi connectivity index (χ3v) is 5.74. The number of nitrogens with one attached hydrogen (secondary N) is 1. The average molecular weight is 480 g/mol. The minimum Gasteiger partial charge on any atom is -0.483 e. The highest BCUT2D eigenvalue weighted by Crippen LogP contribution is 2.32. The van der Waals surface area contributed by atoms with E-state index in [2.05, 4.69) is 40.1 Å². The Balaban J connectivity index is 1.66. The number of halogens is 2. The number of thiazole rings is 1. The molecule has 0 aliphatic heterocycles. The third-order valence-electron chi connectivity index (χ3n) is 4.11. The second-order valence-corrected chi connectivity index (χ2v) is 9.16. The first-order valence-corrected chi connectivity index (χ1v) is 10.8. The number of carbonyl (C=O) groups is 1. The topological polar surface area (TPSA) is 51.2 Å². The molecule has 0 saturated carbocycles. The van der Waals surface area contributed by atoms with Gasteiger partial charge in [0.2, 0.25) is 0 Å². The quantitative estimate of drug-likeness (QED) is 0.429. The number of benzene rings is 2. The van der Waals surface area contributed by atoms with Gasteiger partial charge in [-0.1, -0.05) is 53.5 Å². The van der Waals surface area contributed by atoms with Crippen LogP contribution in [0.1, 0.15) is 30.2 Å². The molecule has 3 aromatic rings. The Morgan fingerprint density at radius 2 is 1.96 bits per heavy atom. The van der Waals surface area contributed by atoms with Crippen LogP contribution in [0.5, 0.6) is 5.75 Å². The van der Waals surface area contributed by atoms with E-state index in [9.17, 15) is 4.79 Å². The van der Waals surface area contributed by atoms with E-state index >= 15 is 0 Å². The van der Waals surface area contributed by atoms with Crippen molar-refractivity contribution < 1.29 is 9.53 Å². The second-order valence-electron chi connectivity index (χ2n) is 6.60. The van der Waals surface area contributed by atoms with Crippen LogP contribution in [0.25, 0.3) is 11.3 Å². The van der Waals surface area contributed by atoms with E-state index in [-0.39, 0.29) is 12.5 Å². The Kier molecular flexibility index (Phi) is 6.75. The van der Waals surface area contributed by atoms with Crippen LogP contribution in [-0.4, -0.2) is 17.5 Å². The number of carbonyl (C=O) groups excluding carboxylic acids is 1. The van der Waals surface area contributed by atoms with E-state index in [0.717, 1.165) is 26.2 Å². The summed E-state index contributed by atoms with van der Waals surface area (Å²) in [6, 6.07) is 13.3. The van der Waals surface area contributed by atoms with Gasteiger partial charge in [0.1, 0.15) is 5.75 Å². The zero-order valence-electron chi connectivity index (χ0n) is 15.8. The molecule has 2 aromatic carbocycles. The summed E-state index contributed by atoms with van der Waals surface area (Å²) < 4.78 is 6.74. The summed E-state index contributed by atoms with van der Waals surface area (Å²) in [5, 5.41) is 4.05. The smallest absolute Gasteiger partial charge is 0.264 e. The number of anilines is 1. The van der Waals surface area contributed by atoms with Crippen molar-refractivity contribution in [3.05, 3.63) is 62.4 Å². The first-order valence-electron chi connectivity index (χ1n) is 8.79. The zero-order valence-corrected chi connectivity index (χ0v) is 18.9. The number of aryl methyl sites for hydroxylation is 1. The summed E-state index contributed by atoms with van der Waals surface area (Å²) in [6.45, 7) is 6.08. The van der Waals surface area contributed by atoms with Gasteiger partial charge < -0.3 is 4.74 Å². The van der Waals surface area contributed by atoms with Crippen LogP contribution < -0.4 is 10.1 Å². The molecular weight excluding hydrogens is 460 g/mol. The molecule has 0 bridgehead atoms. The fraction of sp³-hybridized carbons (Fsp3) is 0.238. The lowest BCUT2D eigenvalue weighted by molar-refractivity contribution is -0.118. The molecule has 0 aliphatic rings. The number of aromatic nitrogens is 1. The molecule has 4 nitrogen and oxygen atoms in total. The summed E-state index contributed by atoms with van der Waals surface area (Å²) in [7, 11) is 0. The molecule has 1 N–H and O–H groups in total. The maximum atomic E-state index is 12.3. The van der Waals surface area contributed by atoms with Gasteiger partial charge in [-0.05, 0) is 48.7 Å². The minimum atomic E-state index is -0.242. The standard InChI is InChI=1S/C21H20BrClN2O2S/c1-12(2)17-10-15(22)6-9-18(17)27-11-19(26)24-21-25-20(13(3)28-21)14-4-7-16(23)8-5-14/h4-10,12H,11H2,1-3H3,(H,24,25,26). The van der Waals surface area contributed by atoms with Gasteiger partial charge in [0, 0.05) is 19.9 Å². The summed E-state index contributed by atoms with van der Waals surface area (Å²) >= 11 is 10.9. The van der Waals surface area contributed by atoms with Crippen molar-refractivity contribution in [1.82, 2.24) is 4.98 Å². The highest BCUT2D eigenvalue weighted by atomic mass is 79.9. The monoisotopic (exact) mass is 478 g/mol. The maximum absolute atomic E-state index is 12.3. The average Bonchev–Trinajstić information content (AvgIpc) is 3.01. The van der Waals surface area contributed by atoms with Crippen molar-refractivity contribution in [3.8, 4) is 17.0 Å². The molecule has 1 aromatic heterocycles. The zero-order chi connectivity index (χ0) is 20.3. The van der Waals surface area contributed by atoms with Crippen LogP contribution in [0, 0.1) is 6.92 Å². The van der Waals surface area contributed by atoms with Crippen LogP contribution in [0.3, 0.4) is 0 Å². The molecular formula is C21H20BrClN2O2S. The molecule has 0 saturated heterocycles. The fourth-order valence-electron chi connectivity index (χ4n) is 2.73. The number of nitrogens with zero attached hydrogens (tertiary/aromatic N) is 1. The molecule has 7 heteroatoms. The molecule has 0 atom stereocenters. The Morgan fingerprint density at radius 1 is 1.25 bits per heavy atom. The first-order chi connectivity index (χ1) is 13.3. The maximum Gasteiger partial charge on any atom is 0.264 e. The van der Waals surface area contributed by atoms with Gasteiger partial charge in [-0.25, -0.2) is 4.98 Å². The lowest BCUT2D eigenvalue weighted by atomic mass is 10.0. The van der Waals surface area contributed by atoms with Crippen LogP contribution >= 0.6 is 38.9 Å². The number of amides is 1. The van der Waals surface area contributed by atoms with Gasteiger partial charge in [-0.3, -0.25) is 10.1 Å². The summed E-state index contributed by atoms with van der Waals surface area (Å²) in [5.41, 5.74) is 2.86. The number of rotatable bonds is 6. The Hall–Kier alpha value is -1.89. The van der Waals surface area contributed by atoms with Gasteiger partial charge in [0.25, 0.3) is 5.91 Å². The van der Waals surface area contributed by atoms with E-state index in [0.29, 0.717) is 21.8 Å². The van der Waals surface area contributed by atoms with Gasteiger partial charge in [-0.15, -0.1) is 11.3 Å². The van der Waals surface area contributed by atoms with E-state index < -0.39 is 0 Å². The van der Waals surface area contributed by atoms with Crippen LogP contribution in [0.2, 0.25) is 5.02 Å². The third kappa shape index (κ3) is 5.13. The van der Waals surface area contributed by atoms with E-state index in [1.807, 2.05) is 49.4 Å². The van der Waals surface area contributed by atoms with Gasteiger partial charge in [0.15, 0.2) is 11.7 Å². The van der Waals surface area contributed by atoms with E-state index in [1.165, 1.54) is 11.3 Å². The predicted octanol–water partition coefficient (Wildman–Crippen LogP) is 6.68. The van der Waals surface area contributed by atoms with Crippen molar-refractivity contribution in [2.24, 2.45) is 0 Å². The molecule has 0 radical (unpaired) electrons. The van der Waals surface area contributed by atoms with Crippen LogP contribution in [0.15, 0.2) is 46.9 Å². The summed E-state index contributed by atoms with van der Waals surface area (Å²) in [6.07, 6.45) is 0. The van der Waals surface area contributed by atoms with Crippen molar-refractivity contribution in [2.75, 3.05) is 11.9 Å². The lowest BCUT2D eigenvalue weighted by Gasteiger charge is -2.14. The van der Waals surface area contributed by atoms with Crippen LogP contribution in [-0.2, 0) is 4.79 Å². The Morgan fingerprint density at radius 3 is 2.64 bits per heavy atom. The molecule has 0 fully saturated rings. The van der Waals surface area contributed by atoms with Crippen LogP contribution in [0.4, 0.5) is 5.13 Å². The fourth-order valence-corrected chi connectivity index (χ4v) is 4.08. The van der Waals surface area contributed by atoms with Crippen molar-refractivity contribution in [2.45, 2.75) is 26.7 Å². The molecule has 3 rings (SSSR count). The Bertz CT molecular complexity index is 987. The Labute approximate surface area is 182 Å². The summed E-state index contributed by atoms with van der Waals surface area (Å²) in [5.74, 6) is 0.763. The summed E-state index contributed by atoms with van der Waals surface area (Å²) in [4.78, 5) is 17.9. The normalized spacial score (nSPS) is 10.9. The minimum absolute atomic E-state index is 0.0732. The molecule has 28 heavy (non-hydrogen) atoms. The number of hydrogen-bond donors (Lipinski definition) is 1. The van der Waals surface area contributed by atoms with E-state index in [4.69, 9.17) is 16.3 Å². The first kappa shape index (κ1) is 20.8. The molecule has 1 amide bonds. The number of ether oxygens (including phenoxy) is 1. The molecule has 0 unspecified atom stereocenters. The van der Waals surface area contributed by atoms with Crippen molar-refractivity contribution in [1.29, 1.82) is 0 Å². The molecule has 0 spiro atoms. The van der Waals surface area contributed by atoms with Crippen molar-refractivity contribution >= 4 is 49.9 Å². The van der Waals surface area contributed by atoms with Gasteiger partial charge in [0.05, 0.1) is 5.69 Å². The highest BCUT2D eigenvalue weighted by molar-refractivity contribution is 9.10. The van der Waals surface area contributed by atoms with Crippen molar-refractivity contribution in [3.63, 3.8) is 0 Å².